The van der Waals surface area contributed by atoms with Crippen LogP contribution in [0.25, 0.3) is 0 Å². The summed E-state index contributed by atoms with van der Waals surface area (Å²) in [5.74, 6) is -1.19. The largest absolute Gasteiger partial charge is 0.469 e. The first-order valence-corrected chi connectivity index (χ1v) is 4.78. The summed E-state index contributed by atoms with van der Waals surface area (Å²) in [6.07, 6.45) is 0.856. The van der Waals surface area contributed by atoms with E-state index in [-0.39, 0.29) is 16.3 Å². The number of aromatic nitrogens is 1. The van der Waals surface area contributed by atoms with Crippen molar-refractivity contribution in [1.82, 2.24) is 4.98 Å². The Balaban J connectivity index is 2.97. The summed E-state index contributed by atoms with van der Waals surface area (Å²) in [4.78, 5) is 26.2. The number of carbonyl (C=O) groups excluding carboxylic acids is 2. The zero-order valence-electron chi connectivity index (χ0n) is 8.53. The SMILES string of the molecule is COC(=O)CC(=O)c1cc(Cl)cnc1C[O]. The molecule has 1 radical (unpaired) electrons. The molecule has 0 aliphatic carbocycles. The van der Waals surface area contributed by atoms with Crippen molar-refractivity contribution in [3.05, 3.63) is 28.5 Å². The van der Waals surface area contributed by atoms with Gasteiger partial charge in [-0.2, -0.15) is 0 Å². The van der Waals surface area contributed by atoms with Gasteiger partial charge < -0.3 is 4.74 Å². The van der Waals surface area contributed by atoms with Crippen molar-refractivity contribution >= 4 is 23.4 Å². The first-order chi connectivity index (χ1) is 7.58. The fraction of sp³-hybridized carbons (Fsp3) is 0.300. The number of rotatable bonds is 4. The number of hydrogen-bond donors (Lipinski definition) is 0. The maximum absolute atomic E-state index is 11.6. The van der Waals surface area contributed by atoms with Crippen molar-refractivity contribution in [3.63, 3.8) is 0 Å². The van der Waals surface area contributed by atoms with Crippen LogP contribution in [0.2, 0.25) is 5.02 Å². The van der Waals surface area contributed by atoms with Crippen LogP contribution in [0, 0.1) is 0 Å². The van der Waals surface area contributed by atoms with Gasteiger partial charge in [0.25, 0.3) is 0 Å². The molecule has 0 aromatic carbocycles. The summed E-state index contributed by atoms with van der Waals surface area (Å²) in [5, 5.41) is 11.0. The van der Waals surface area contributed by atoms with Crippen LogP contribution >= 0.6 is 11.6 Å². The molecule has 0 unspecified atom stereocenters. The molecule has 0 bridgehead atoms. The molecule has 1 aromatic rings. The maximum atomic E-state index is 11.6. The molecule has 0 atom stereocenters. The molecule has 0 aliphatic rings. The minimum Gasteiger partial charge on any atom is -0.469 e. The number of carbonyl (C=O) groups is 2. The molecular weight excluding hydrogens is 234 g/mol. The van der Waals surface area contributed by atoms with E-state index in [2.05, 4.69) is 9.72 Å². The Bertz CT molecular complexity index is 419. The highest BCUT2D eigenvalue weighted by Gasteiger charge is 2.17. The number of ether oxygens (including phenoxy) is 1. The standard InChI is InChI=1S/C10H9ClNO4/c1-16-10(15)3-9(14)7-2-6(11)4-12-8(7)5-13/h2,4H,3,5H2,1H3. The highest BCUT2D eigenvalue weighted by Crippen LogP contribution is 2.15. The Labute approximate surface area is 97.0 Å². The fourth-order valence-corrected chi connectivity index (χ4v) is 1.28. The minimum atomic E-state index is -0.665. The third kappa shape index (κ3) is 3.01. The average Bonchev–Trinajstić information content (AvgIpc) is 2.28. The van der Waals surface area contributed by atoms with Gasteiger partial charge in [0.2, 0.25) is 0 Å². The van der Waals surface area contributed by atoms with Crippen molar-refractivity contribution in [2.45, 2.75) is 13.0 Å². The van der Waals surface area contributed by atoms with Gasteiger partial charge in [-0.25, -0.2) is 5.11 Å². The predicted molar refractivity (Wildman–Crippen MR) is 54.6 cm³/mol. The van der Waals surface area contributed by atoms with Crippen molar-refractivity contribution in [2.75, 3.05) is 7.11 Å². The lowest BCUT2D eigenvalue weighted by atomic mass is 10.1. The molecule has 6 heteroatoms. The summed E-state index contributed by atoms with van der Waals surface area (Å²) in [6, 6.07) is 1.33. The van der Waals surface area contributed by atoms with Gasteiger partial charge in [0.1, 0.15) is 13.0 Å². The highest BCUT2D eigenvalue weighted by atomic mass is 35.5. The quantitative estimate of drug-likeness (QED) is 0.454. The van der Waals surface area contributed by atoms with Gasteiger partial charge in [0, 0.05) is 11.8 Å². The van der Waals surface area contributed by atoms with Crippen LogP contribution < -0.4 is 0 Å². The zero-order chi connectivity index (χ0) is 12.1. The van der Waals surface area contributed by atoms with Crippen molar-refractivity contribution in [3.8, 4) is 0 Å². The summed E-state index contributed by atoms with van der Waals surface area (Å²) in [7, 11) is 1.18. The molecule has 0 fully saturated rings. The van der Waals surface area contributed by atoms with Crippen LogP contribution in [-0.4, -0.2) is 23.8 Å². The zero-order valence-corrected chi connectivity index (χ0v) is 9.28. The Morgan fingerprint density at radius 1 is 1.50 bits per heavy atom. The second-order valence-electron chi connectivity index (χ2n) is 2.97. The molecule has 5 nitrogen and oxygen atoms in total. The smallest absolute Gasteiger partial charge is 0.313 e. The molecule has 0 spiro atoms. The molecule has 0 aliphatic heterocycles. The number of hydrogen-bond acceptors (Lipinski definition) is 4. The molecule has 0 saturated heterocycles. The maximum Gasteiger partial charge on any atom is 0.313 e. The Morgan fingerprint density at radius 2 is 2.19 bits per heavy atom. The molecule has 0 saturated carbocycles. The van der Waals surface area contributed by atoms with E-state index in [1.165, 1.54) is 19.4 Å². The molecule has 1 rings (SSSR count). The number of esters is 1. The Hall–Kier alpha value is -1.46. The number of nitrogens with zero attached hydrogens (tertiary/aromatic N) is 1. The summed E-state index contributed by atoms with van der Waals surface area (Å²) in [6.45, 7) is -0.639. The van der Waals surface area contributed by atoms with E-state index in [1.807, 2.05) is 0 Å². The molecule has 1 heterocycles. The van der Waals surface area contributed by atoms with E-state index in [0.717, 1.165) is 0 Å². The van der Waals surface area contributed by atoms with Crippen LogP contribution in [0.5, 0.6) is 0 Å². The van der Waals surface area contributed by atoms with Gasteiger partial charge in [0.05, 0.1) is 17.8 Å². The van der Waals surface area contributed by atoms with E-state index < -0.39 is 24.8 Å². The van der Waals surface area contributed by atoms with Crippen molar-refractivity contribution < 1.29 is 19.4 Å². The van der Waals surface area contributed by atoms with Crippen LogP contribution in [0.4, 0.5) is 0 Å². The number of pyridine rings is 1. The normalized spacial score (nSPS) is 9.94. The number of Topliss-reactive ketones (excluding diaryl/α,β-unsaturated/α-hetero) is 1. The first-order valence-electron chi connectivity index (χ1n) is 4.41. The lowest BCUT2D eigenvalue weighted by molar-refractivity contribution is -0.139. The topological polar surface area (TPSA) is 76.2 Å². The van der Waals surface area contributed by atoms with Crippen LogP contribution in [-0.2, 0) is 21.2 Å². The van der Waals surface area contributed by atoms with E-state index in [9.17, 15) is 14.7 Å². The van der Waals surface area contributed by atoms with E-state index in [0.29, 0.717) is 0 Å². The third-order valence-corrected chi connectivity index (χ3v) is 2.11. The van der Waals surface area contributed by atoms with E-state index >= 15 is 0 Å². The van der Waals surface area contributed by atoms with Crippen molar-refractivity contribution in [2.24, 2.45) is 0 Å². The van der Waals surface area contributed by atoms with Crippen molar-refractivity contribution in [1.29, 1.82) is 0 Å². The van der Waals surface area contributed by atoms with Crippen LogP contribution in [0.15, 0.2) is 12.3 Å². The van der Waals surface area contributed by atoms with E-state index in [4.69, 9.17) is 11.6 Å². The predicted octanol–water partition coefficient (Wildman–Crippen LogP) is 1.41. The minimum absolute atomic E-state index is 0.0768. The fourth-order valence-electron chi connectivity index (χ4n) is 1.12. The third-order valence-electron chi connectivity index (χ3n) is 1.91. The first kappa shape index (κ1) is 12.6. The van der Waals surface area contributed by atoms with Gasteiger partial charge in [0.15, 0.2) is 5.78 Å². The van der Waals surface area contributed by atoms with Gasteiger partial charge in [-0.05, 0) is 6.07 Å². The highest BCUT2D eigenvalue weighted by molar-refractivity contribution is 6.30. The second-order valence-corrected chi connectivity index (χ2v) is 3.40. The second kappa shape index (κ2) is 5.58. The summed E-state index contributed by atoms with van der Waals surface area (Å²) >= 11 is 5.66. The van der Waals surface area contributed by atoms with Crippen LogP contribution in [0.1, 0.15) is 22.5 Å². The molecule has 0 N–H and O–H groups in total. The summed E-state index contributed by atoms with van der Waals surface area (Å²) < 4.78 is 4.35. The summed E-state index contributed by atoms with van der Waals surface area (Å²) in [5.41, 5.74) is 0.159. The lowest BCUT2D eigenvalue weighted by Gasteiger charge is -2.04. The van der Waals surface area contributed by atoms with Gasteiger partial charge in [-0.1, -0.05) is 11.6 Å². The van der Waals surface area contributed by atoms with Crippen LogP contribution in [0.3, 0.4) is 0 Å². The Morgan fingerprint density at radius 3 is 2.75 bits per heavy atom. The molecule has 1 aromatic heterocycles. The molecule has 0 amide bonds. The van der Waals surface area contributed by atoms with Gasteiger partial charge >= 0.3 is 5.97 Å². The number of methoxy groups -OCH3 is 1. The molecular formula is C10H9ClNO4. The lowest BCUT2D eigenvalue weighted by Crippen LogP contribution is -2.12. The van der Waals surface area contributed by atoms with Gasteiger partial charge in [-0.15, -0.1) is 0 Å². The molecule has 16 heavy (non-hydrogen) atoms. The number of halogens is 1. The van der Waals surface area contributed by atoms with Gasteiger partial charge in [-0.3, -0.25) is 14.6 Å². The van der Waals surface area contributed by atoms with E-state index in [1.54, 1.807) is 0 Å². The molecule has 85 valence electrons. The monoisotopic (exact) mass is 242 g/mol. The Kier molecular flexibility index (Phi) is 4.39. The number of ketones is 1. The average molecular weight is 243 g/mol.